The monoisotopic (exact) mass is 474 g/mol. The molecule has 1 saturated heterocycles. The van der Waals surface area contributed by atoms with Crippen molar-refractivity contribution in [1.29, 1.82) is 0 Å². The van der Waals surface area contributed by atoms with E-state index in [-0.39, 0.29) is 43.2 Å². The third kappa shape index (κ3) is 4.52. The van der Waals surface area contributed by atoms with Crippen molar-refractivity contribution in [2.45, 2.75) is 24.8 Å². The third-order valence-electron chi connectivity index (χ3n) is 5.30. The first-order chi connectivity index (χ1) is 15.8. The molecule has 33 heavy (non-hydrogen) atoms. The maximum absolute atomic E-state index is 14.5. The largest absolute Gasteiger partial charge is 0.379 e. The molecule has 0 bridgehead atoms. The second kappa shape index (κ2) is 9.38. The molecule has 0 saturated carbocycles. The van der Waals surface area contributed by atoms with Crippen molar-refractivity contribution in [3.63, 3.8) is 0 Å². The molecule has 0 spiro atoms. The molecule has 3 aromatic rings. The summed E-state index contributed by atoms with van der Waals surface area (Å²) in [5.41, 5.74) is -0.197. The number of nitrogens with one attached hydrogen (secondary N) is 1. The second-order valence-corrected chi connectivity index (χ2v) is 9.44. The Kier molecular flexibility index (Phi) is 6.54. The van der Waals surface area contributed by atoms with E-state index in [2.05, 4.69) is 10.4 Å². The number of anilines is 1. The van der Waals surface area contributed by atoms with E-state index in [0.717, 1.165) is 16.4 Å². The number of fused-ring (bicyclic) bond motifs is 1. The molecule has 1 amide bonds. The van der Waals surface area contributed by atoms with Gasteiger partial charge in [-0.05, 0) is 30.7 Å². The van der Waals surface area contributed by atoms with Crippen LogP contribution < -0.4 is 10.9 Å². The Labute approximate surface area is 189 Å². The lowest BCUT2D eigenvalue weighted by molar-refractivity contribution is 0.0729. The molecular weight excluding hydrogens is 451 g/mol. The van der Waals surface area contributed by atoms with Gasteiger partial charge in [0.2, 0.25) is 10.0 Å². The molecule has 0 unspecified atom stereocenters. The zero-order valence-corrected chi connectivity index (χ0v) is 18.8. The van der Waals surface area contributed by atoms with Crippen LogP contribution in [0, 0.1) is 5.82 Å². The number of carbonyl (C=O) groups excluding carboxylic acids is 1. The van der Waals surface area contributed by atoms with Gasteiger partial charge in [-0.2, -0.15) is 9.40 Å². The maximum atomic E-state index is 14.5. The number of hydrogen-bond donors (Lipinski definition) is 1. The molecule has 0 aliphatic carbocycles. The van der Waals surface area contributed by atoms with E-state index in [1.807, 2.05) is 6.92 Å². The fourth-order valence-electron chi connectivity index (χ4n) is 3.66. The van der Waals surface area contributed by atoms with Gasteiger partial charge in [0.05, 0.1) is 18.6 Å². The van der Waals surface area contributed by atoms with Crippen LogP contribution in [0.5, 0.6) is 0 Å². The van der Waals surface area contributed by atoms with Crippen LogP contribution in [-0.4, -0.2) is 54.7 Å². The average molecular weight is 475 g/mol. The van der Waals surface area contributed by atoms with Crippen LogP contribution in [0.1, 0.15) is 23.8 Å². The van der Waals surface area contributed by atoms with Crippen molar-refractivity contribution in [3.8, 4) is 0 Å². The Morgan fingerprint density at radius 3 is 2.55 bits per heavy atom. The number of benzene rings is 2. The number of nitrogens with zero attached hydrogens (tertiary/aromatic N) is 3. The molecule has 0 atom stereocenters. The first kappa shape index (κ1) is 23.0. The number of sulfonamides is 1. The summed E-state index contributed by atoms with van der Waals surface area (Å²) in [6.07, 6.45) is 0.646. The first-order valence-corrected chi connectivity index (χ1v) is 12.0. The molecule has 1 aliphatic heterocycles. The maximum Gasteiger partial charge on any atom is 0.276 e. The molecule has 1 fully saturated rings. The van der Waals surface area contributed by atoms with Crippen LogP contribution >= 0.6 is 0 Å². The smallest absolute Gasteiger partial charge is 0.276 e. The number of rotatable bonds is 6. The van der Waals surface area contributed by atoms with Crippen LogP contribution in [0.2, 0.25) is 0 Å². The summed E-state index contributed by atoms with van der Waals surface area (Å²) in [6, 6.07) is 9.98. The molecular formula is C22H23FN4O5S. The van der Waals surface area contributed by atoms with Crippen LogP contribution in [0.4, 0.5) is 10.1 Å². The predicted octanol–water partition coefficient (Wildman–Crippen LogP) is 2.22. The zero-order chi connectivity index (χ0) is 23.6. The summed E-state index contributed by atoms with van der Waals surface area (Å²) in [4.78, 5) is 25.2. The summed E-state index contributed by atoms with van der Waals surface area (Å²) < 4.78 is 47.8. The number of morpholine rings is 1. The molecule has 1 N–H and O–H groups in total. The Morgan fingerprint density at radius 2 is 1.85 bits per heavy atom. The van der Waals surface area contributed by atoms with Crippen molar-refractivity contribution in [3.05, 3.63) is 64.3 Å². The summed E-state index contributed by atoms with van der Waals surface area (Å²) in [7, 11) is -4.10. The molecule has 4 rings (SSSR count). The highest BCUT2D eigenvalue weighted by atomic mass is 32.2. The van der Waals surface area contributed by atoms with Gasteiger partial charge >= 0.3 is 0 Å². The highest BCUT2D eigenvalue weighted by Gasteiger charge is 2.29. The van der Waals surface area contributed by atoms with Gasteiger partial charge in [0.15, 0.2) is 5.69 Å². The minimum absolute atomic E-state index is 0.0144. The SMILES string of the molecule is CCCn1nc(C(=O)Nc2ccc(F)c(S(=O)(=O)N3CCOCC3)c2)c2ccccc2c1=O. The number of ether oxygens (including phenoxy) is 1. The van der Waals surface area contributed by atoms with Crippen LogP contribution in [-0.2, 0) is 21.3 Å². The van der Waals surface area contributed by atoms with Crippen molar-refractivity contribution >= 4 is 32.4 Å². The van der Waals surface area contributed by atoms with Gasteiger partial charge < -0.3 is 10.1 Å². The Hall–Kier alpha value is -3.15. The van der Waals surface area contributed by atoms with E-state index in [4.69, 9.17) is 4.74 Å². The van der Waals surface area contributed by atoms with Gasteiger partial charge in [-0.15, -0.1) is 0 Å². The molecule has 0 radical (unpaired) electrons. The summed E-state index contributed by atoms with van der Waals surface area (Å²) in [6.45, 7) is 2.91. The van der Waals surface area contributed by atoms with Crippen molar-refractivity contribution in [2.75, 3.05) is 31.6 Å². The standard InChI is InChI=1S/C22H23FN4O5S/c1-2-9-27-22(29)17-6-4-3-5-16(17)20(25-27)21(28)24-15-7-8-18(23)19(14-15)33(30,31)26-10-12-32-13-11-26/h3-8,14H,2,9-13H2,1H3,(H,24,28). The first-order valence-electron chi connectivity index (χ1n) is 10.5. The van der Waals surface area contributed by atoms with E-state index in [1.165, 1.54) is 10.7 Å². The number of aryl methyl sites for hydroxylation is 1. The van der Waals surface area contributed by atoms with Gasteiger partial charge in [-0.3, -0.25) is 9.59 Å². The van der Waals surface area contributed by atoms with Gasteiger partial charge in [0.25, 0.3) is 11.5 Å². The normalized spacial score (nSPS) is 15.0. The Bertz CT molecular complexity index is 1370. The van der Waals surface area contributed by atoms with Gasteiger partial charge in [-0.1, -0.05) is 25.1 Å². The lowest BCUT2D eigenvalue weighted by Gasteiger charge is -2.26. The lowest BCUT2D eigenvalue weighted by atomic mass is 10.1. The van der Waals surface area contributed by atoms with E-state index in [9.17, 15) is 22.4 Å². The minimum Gasteiger partial charge on any atom is -0.379 e. The van der Waals surface area contributed by atoms with Crippen LogP contribution in [0.15, 0.2) is 52.2 Å². The fourth-order valence-corrected chi connectivity index (χ4v) is 5.16. The predicted molar refractivity (Wildman–Crippen MR) is 120 cm³/mol. The molecule has 2 aromatic carbocycles. The number of hydrogen-bond acceptors (Lipinski definition) is 6. The summed E-state index contributed by atoms with van der Waals surface area (Å²) >= 11 is 0. The lowest BCUT2D eigenvalue weighted by Crippen LogP contribution is -2.40. The van der Waals surface area contributed by atoms with Gasteiger partial charge in [-0.25, -0.2) is 17.5 Å². The molecule has 11 heteroatoms. The summed E-state index contributed by atoms with van der Waals surface area (Å²) in [5.74, 6) is -1.56. The van der Waals surface area contributed by atoms with Gasteiger partial charge in [0, 0.05) is 30.7 Å². The van der Waals surface area contributed by atoms with Crippen molar-refractivity contribution < 1.29 is 22.3 Å². The molecule has 1 aliphatic rings. The minimum atomic E-state index is -4.10. The summed E-state index contributed by atoms with van der Waals surface area (Å²) in [5, 5.41) is 7.54. The van der Waals surface area contributed by atoms with E-state index < -0.39 is 26.6 Å². The zero-order valence-electron chi connectivity index (χ0n) is 18.0. The van der Waals surface area contributed by atoms with E-state index >= 15 is 0 Å². The molecule has 2 heterocycles. The quantitative estimate of drug-likeness (QED) is 0.587. The average Bonchev–Trinajstić information content (AvgIpc) is 2.82. The van der Waals surface area contributed by atoms with Gasteiger partial charge in [0.1, 0.15) is 10.7 Å². The highest BCUT2D eigenvalue weighted by molar-refractivity contribution is 7.89. The number of amides is 1. The third-order valence-corrected chi connectivity index (χ3v) is 7.21. The number of aromatic nitrogens is 2. The Morgan fingerprint density at radius 1 is 1.15 bits per heavy atom. The van der Waals surface area contributed by atoms with Crippen molar-refractivity contribution in [2.24, 2.45) is 0 Å². The van der Waals surface area contributed by atoms with E-state index in [1.54, 1.807) is 24.3 Å². The van der Waals surface area contributed by atoms with Crippen molar-refractivity contribution in [1.82, 2.24) is 14.1 Å². The molecule has 1 aromatic heterocycles. The van der Waals surface area contributed by atoms with Crippen LogP contribution in [0.25, 0.3) is 10.8 Å². The van der Waals surface area contributed by atoms with E-state index in [0.29, 0.717) is 23.7 Å². The molecule has 9 nitrogen and oxygen atoms in total. The number of halogens is 1. The molecule has 174 valence electrons. The topological polar surface area (TPSA) is 111 Å². The number of carbonyl (C=O) groups is 1. The highest BCUT2D eigenvalue weighted by Crippen LogP contribution is 2.24. The fraction of sp³-hybridized carbons (Fsp3) is 0.318. The second-order valence-electron chi connectivity index (χ2n) is 7.54. The Balaban J connectivity index is 1.70. The van der Waals surface area contributed by atoms with Crippen LogP contribution in [0.3, 0.4) is 0 Å².